The molecule has 0 spiro atoms. The molecule has 0 amide bonds. The SMILES string of the molecule is CN1CCN=C1c1ccc(N)c(F)c1.Cl. The number of nitrogens with zero attached hydrogens (tertiary/aromatic N) is 2. The van der Waals surface area contributed by atoms with Gasteiger partial charge in [0.1, 0.15) is 11.7 Å². The summed E-state index contributed by atoms with van der Waals surface area (Å²) >= 11 is 0. The number of likely N-dealkylation sites (N-methyl/N-ethyl adjacent to an activating group) is 1. The van der Waals surface area contributed by atoms with Gasteiger partial charge in [-0.2, -0.15) is 0 Å². The van der Waals surface area contributed by atoms with Gasteiger partial charge in [0, 0.05) is 19.2 Å². The van der Waals surface area contributed by atoms with Crippen molar-refractivity contribution in [2.75, 3.05) is 25.9 Å². The first-order chi connectivity index (χ1) is 6.68. The molecular formula is C10H13ClFN3. The van der Waals surface area contributed by atoms with Gasteiger partial charge in [0.25, 0.3) is 0 Å². The van der Waals surface area contributed by atoms with Crippen molar-refractivity contribution in [3.8, 4) is 0 Å². The lowest BCUT2D eigenvalue weighted by Gasteiger charge is -2.13. The predicted octanol–water partition coefficient (Wildman–Crippen LogP) is 1.52. The molecule has 1 heterocycles. The van der Waals surface area contributed by atoms with Crippen molar-refractivity contribution in [2.24, 2.45) is 4.99 Å². The van der Waals surface area contributed by atoms with E-state index in [9.17, 15) is 4.39 Å². The van der Waals surface area contributed by atoms with Crippen molar-refractivity contribution in [3.63, 3.8) is 0 Å². The van der Waals surface area contributed by atoms with Crippen LogP contribution in [0, 0.1) is 5.82 Å². The zero-order valence-electron chi connectivity index (χ0n) is 8.40. The topological polar surface area (TPSA) is 41.6 Å². The number of nitrogens with two attached hydrogens (primary N) is 1. The molecule has 2 rings (SSSR count). The van der Waals surface area contributed by atoms with E-state index < -0.39 is 0 Å². The van der Waals surface area contributed by atoms with Crippen LogP contribution in [0.15, 0.2) is 23.2 Å². The quantitative estimate of drug-likeness (QED) is 0.742. The van der Waals surface area contributed by atoms with Crippen LogP contribution in [0.3, 0.4) is 0 Å². The van der Waals surface area contributed by atoms with Crippen LogP contribution in [0.1, 0.15) is 5.56 Å². The third kappa shape index (κ3) is 2.21. The highest BCUT2D eigenvalue weighted by molar-refractivity contribution is 5.99. The molecule has 0 unspecified atom stereocenters. The number of aliphatic imine (C=N–C) groups is 1. The zero-order valence-corrected chi connectivity index (χ0v) is 9.22. The Kier molecular flexibility index (Phi) is 3.52. The second-order valence-electron chi connectivity index (χ2n) is 3.36. The summed E-state index contributed by atoms with van der Waals surface area (Å²) in [7, 11) is 1.94. The minimum absolute atomic E-state index is 0. The van der Waals surface area contributed by atoms with Gasteiger partial charge in [0.05, 0.1) is 12.2 Å². The van der Waals surface area contributed by atoms with E-state index in [1.807, 2.05) is 11.9 Å². The standard InChI is InChI=1S/C10H12FN3.ClH/c1-14-5-4-13-10(14)7-2-3-9(12)8(11)6-7;/h2-3,6H,4-5,12H2,1H3;1H. The minimum atomic E-state index is -0.384. The van der Waals surface area contributed by atoms with Crippen LogP contribution in [-0.2, 0) is 0 Å². The van der Waals surface area contributed by atoms with Gasteiger partial charge in [0.15, 0.2) is 0 Å². The number of hydrogen-bond donors (Lipinski definition) is 1. The van der Waals surface area contributed by atoms with E-state index in [1.165, 1.54) is 6.07 Å². The van der Waals surface area contributed by atoms with Gasteiger partial charge in [-0.15, -0.1) is 12.4 Å². The monoisotopic (exact) mass is 229 g/mol. The first kappa shape index (κ1) is 11.8. The summed E-state index contributed by atoms with van der Waals surface area (Å²) in [5.74, 6) is 0.453. The van der Waals surface area contributed by atoms with Crippen LogP contribution < -0.4 is 5.73 Å². The van der Waals surface area contributed by atoms with Crippen LogP contribution in [-0.4, -0.2) is 30.9 Å². The van der Waals surface area contributed by atoms with Gasteiger partial charge in [-0.1, -0.05) is 0 Å². The second-order valence-corrected chi connectivity index (χ2v) is 3.36. The lowest BCUT2D eigenvalue weighted by molar-refractivity contribution is 0.556. The smallest absolute Gasteiger partial charge is 0.146 e. The van der Waals surface area contributed by atoms with Gasteiger partial charge in [0.2, 0.25) is 0 Å². The molecule has 0 aliphatic carbocycles. The highest BCUT2D eigenvalue weighted by Crippen LogP contribution is 2.15. The Morgan fingerprint density at radius 3 is 2.73 bits per heavy atom. The largest absolute Gasteiger partial charge is 0.396 e. The van der Waals surface area contributed by atoms with Crippen molar-refractivity contribution >= 4 is 23.9 Å². The van der Waals surface area contributed by atoms with E-state index >= 15 is 0 Å². The predicted molar refractivity (Wildman–Crippen MR) is 62.1 cm³/mol. The summed E-state index contributed by atoms with van der Waals surface area (Å²) in [5, 5.41) is 0. The number of hydrogen-bond acceptors (Lipinski definition) is 3. The molecule has 1 aromatic rings. The van der Waals surface area contributed by atoms with E-state index in [4.69, 9.17) is 5.73 Å². The van der Waals surface area contributed by atoms with Crippen LogP contribution in [0.2, 0.25) is 0 Å². The summed E-state index contributed by atoms with van der Waals surface area (Å²) in [6.07, 6.45) is 0. The summed E-state index contributed by atoms with van der Waals surface area (Å²) in [5.41, 5.74) is 6.36. The molecule has 0 atom stereocenters. The molecule has 0 aromatic heterocycles. The molecule has 1 aliphatic heterocycles. The van der Waals surface area contributed by atoms with Crippen molar-refractivity contribution < 1.29 is 4.39 Å². The van der Waals surface area contributed by atoms with Gasteiger partial charge < -0.3 is 10.6 Å². The van der Waals surface area contributed by atoms with Crippen molar-refractivity contribution in [1.29, 1.82) is 0 Å². The van der Waals surface area contributed by atoms with Crippen LogP contribution in [0.25, 0.3) is 0 Å². The molecule has 15 heavy (non-hydrogen) atoms. The van der Waals surface area contributed by atoms with Gasteiger partial charge in [-0.25, -0.2) is 4.39 Å². The van der Waals surface area contributed by atoms with Crippen LogP contribution in [0.4, 0.5) is 10.1 Å². The fraction of sp³-hybridized carbons (Fsp3) is 0.300. The first-order valence-corrected chi connectivity index (χ1v) is 4.49. The molecule has 1 aliphatic rings. The van der Waals surface area contributed by atoms with Gasteiger partial charge >= 0.3 is 0 Å². The Hall–Kier alpha value is -1.29. The molecule has 0 saturated heterocycles. The molecular weight excluding hydrogens is 217 g/mol. The lowest BCUT2D eigenvalue weighted by atomic mass is 10.2. The maximum absolute atomic E-state index is 13.2. The van der Waals surface area contributed by atoms with E-state index in [0.717, 1.165) is 24.5 Å². The number of benzene rings is 1. The molecule has 82 valence electrons. The number of nitrogen functional groups attached to an aromatic ring is 1. The Bertz CT molecular complexity index is 392. The molecule has 2 N–H and O–H groups in total. The Balaban J connectivity index is 0.00000112. The molecule has 0 fully saturated rings. The fourth-order valence-electron chi connectivity index (χ4n) is 1.51. The van der Waals surface area contributed by atoms with E-state index in [2.05, 4.69) is 4.99 Å². The Morgan fingerprint density at radius 2 is 2.20 bits per heavy atom. The number of amidine groups is 1. The lowest BCUT2D eigenvalue weighted by Crippen LogP contribution is -2.23. The van der Waals surface area contributed by atoms with Crippen molar-refractivity contribution in [1.82, 2.24) is 4.90 Å². The highest BCUT2D eigenvalue weighted by Gasteiger charge is 2.15. The average molecular weight is 230 g/mol. The third-order valence-electron chi connectivity index (χ3n) is 2.32. The third-order valence-corrected chi connectivity index (χ3v) is 2.32. The van der Waals surface area contributed by atoms with Gasteiger partial charge in [-0.3, -0.25) is 4.99 Å². The molecule has 0 bridgehead atoms. The van der Waals surface area contributed by atoms with E-state index in [-0.39, 0.29) is 23.9 Å². The van der Waals surface area contributed by atoms with E-state index in [1.54, 1.807) is 12.1 Å². The first-order valence-electron chi connectivity index (χ1n) is 4.49. The van der Waals surface area contributed by atoms with Crippen LogP contribution in [0.5, 0.6) is 0 Å². The maximum Gasteiger partial charge on any atom is 0.146 e. The fourth-order valence-corrected chi connectivity index (χ4v) is 1.51. The normalized spacial score (nSPS) is 14.8. The molecule has 0 radical (unpaired) electrons. The molecule has 1 aromatic carbocycles. The zero-order chi connectivity index (χ0) is 10.1. The summed E-state index contributed by atoms with van der Waals surface area (Å²) in [4.78, 5) is 6.30. The highest BCUT2D eigenvalue weighted by atomic mass is 35.5. The number of anilines is 1. The Labute approximate surface area is 94.2 Å². The summed E-state index contributed by atoms with van der Waals surface area (Å²) in [6, 6.07) is 4.79. The average Bonchev–Trinajstić information content (AvgIpc) is 2.57. The molecule has 0 saturated carbocycles. The van der Waals surface area contributed by atoms with E-state index in [0.29, 0.717) is 0 Å². The van der Waals surface area contributed by atoms with Gasteiger partial charge in [-0.05, 0) is 18.2 Å². The van der Waals surface area contributed by atoms with Crippen LogP contribution >= 0.6 is 12.4 Å². The summed E-state index contributed by atoms with van der Waals surface area (Å²) in [6.45, 7) is 1.67. The Morgan fingerprint density at radius 1 is 1.47 bits per heavy atom. The maximum atomic E-state index is 13.2. The van der Waals surface area contributed by atoms with Crippen molar-refractivity contribution in [3.05, 3.63) is 29.6 Å². The minimum Gasteiger partial charge on any atom is -0.396 e. The number of rotatable bonds is 1. The second kappa shape index (κ2) is 4.49. The molecule has 5 heteroatoms. The number of halogens is 2. The summed E-state index contributed by atoms with van der Waals surface area (Å²) < 4.78 is 13.2. The van der Waals surface area contributed by atoms with Crippen molar-refractivity contribution in [2.45, 2.75) is 0 Å². The molecule has 3 nitrogen and oxygen atoms in total.